The molecule has 0 spiro atoms. The van der Waals surface area contributed by atoms with E-state index >= 15 is 0 Å². The normalized spacial score (nSPS) is 15.7. The van der Waals surface area contributed by atoms with Crippen LogP contribution in [0.15, 0.2) is 48.5 Å². The number of rotatable bonds is 5. The number of benzene rings is 2. The molecular weight excluding hydrogens is 362 g/mol. The lowest BCUT2D eigenvalue weighted by Gasteiger charge is -2.36. The van der Waals surface area contributed by atoms with E-state index in [-0.39, 0.29) is 11.6 Å². The molecule has 0 saturated carbocycles. The van der Waals surface area contributed by atoms with Crippen LogP contribution in [-0.2, 0) is 18.5 Å². The maximum Gasteiger partial charge on any atom is 0.173 e. The molecule has 3 aromatic rings. The van der Waals surface area contributed by atoms with Crippen LogP contribution in [0.2, 0.25) is 0 Å². The minimum Gasteiger partial charge on any atom is -0.494 e. The molecular formula is C23H29N5O. The van der Waals surface area contributed by atoms with Crippen molar-refractivity contribution in [1.29, 1.82) is 0 Å². The van der Waals surface area contributed by atoms with E-state index in [0.717, 1.165) is 36.6 Å². The smallest absolute Gasteiger partial charge is 0.173 e. The summed E-state index contributed by atoms with van der Waals surface area (Å²) in [5, 5.41) is 12.9. The summed E-state index contributed by atoms with van der Waals surface area (Å²) in [4.78, 5) is 2.47. The Hall–Kier alpha value is -2.73. The van der Waals surface area contributed by atoms with Crippen LogP contribution in [0, 0.1) is 0 Å². The molecule has 0 bridgehead atoms. The quantitative estimate of drug-likeness (QED) is 0.659. The summed E-state index contributed by atoms with van der Waals surface area (Å²) in [5.74, 6) is 1.74. The van der Waals surface area contributed by atoms with E-state index in [2.05, 4.69) is 77.6 Å². The van der Waals surface area contributed by atoms with Crippen LogP contribution in [0.5, 0.6) is 5.75 Å². The molecule has 0 amide bonds. The third-order valence-electron chi connectivity index (χ3n) is 5.41. The summed E-state index contributed by atoms with van der Waals surface area (Å²) >= 11 is 0. The van der Waals surface area contributed by atoms with Gasteiger partial charge in [0.25, 0.3) is 0 Å². The molecule has 0 radical (unpaired) electrons. The Morgan fingerprint density at radius 1 is 1.03 bits per heavy atom. The van der Waals surface area contributed by atoms with Gasteiger partial charge in [-0.1, -0.05) is 42.5 Å². The first-order valence-corrected chi connectivity index (χ1v) is 10.3. The highest BCUT2D eigenvalue weighted by Crippen LogP contribution is 2.37. The van der Waals surface area contributed by atoms with Crippen molar-refractivity contribution in [3.8, 4) is 5.75 Å². The number of ether oxygens (including phenoxy) is 1. The highest BCUT2D eigenvalue weighted by molar-refractivity contribution is 5.40. The minimum absolute atomic E-state index is 0.0830. The number of aromatic nitrogens is 4. The van der Waals surface area contributed by atoms with Crippen LogP contribution in [-0.4, -0.2) is 38.3 Å². The molecule has 152 valence electrons. The summed E-state index contributed by atoms with van der Waals surface area (Å²) in [6.45, 7) is 10.8. The zero-order valence-corrected chi connectivity index (χ0v) is 17.7. The second-order valence-corrected chi connectivity index (χ2v) is 8.48. The van der Waals surface area contributed by atoms with Crippen molar-refractivity contribution < 1.29 is 4.74 Å². The fourth-order valence-electron chi connectivity index (χ4n) is 4.07. The Labute approximate surface area is 172 Å². The van der Waals surface area contributed by atoms with Gasteiger partial charge in [0.15, 0.2) is 5.82 Å². The van der Waals surface area contributed by atoms with Gasteiger partial charge in [0.1, 0.15) is 11.8 Å². The van der Waals surface area contributed by atoms with Crippen molar-refractivity contribution in [2.45, 2.75) is 52.2 Å². The van der Waals surface area contributed by atoms with E-state index in [1.807, 2.05) is 23.7 Å². The molecule has 1 aliphatic rings. The monoisotopic (exact) mass is 391 g/mol. The second kappa shape index (κ2) is 7.95. The predicted octanol–water partition coefficient (Wildman–Crippen LogP) is 3.97. The summed E-state index contributed by atoms with van der Waals surface area (Å²) in [6, 6.07) is 16.9. The number of fused-ring (bicyclic) bond motifs is 1. The maximum atomic E-state index is 6.00. The zero-order chi connectivity index (χ0) is 20.4. The molecule has 2 heterocycles. The van der Waals surface area contributed by atoms with Crippen LogP contribution in [0.3, 0.4) is 0 Å². The van der Waals surface area contributed by atoms with Crippen LogP contribution >= 0.6 is 0 Å². The van der Waals surface area contributed by atoms with Crippen molar-refractivity contribution in [3.63, 3.8) is 0 Å². The van der Waals surface area contributed by atoms with Gasteiger partial charge in [-0.25, -0.2) is 4.68 Å². The SMILES string of the molecule is CCOc1ccccc1C(c1nnnn1C(C)(C)C)N1CCc2ccccc2C1. The van der Waals surface area contributed by atoms with Crippen LogP contribution in [0.1, 0.15) is 56.3 Å². The fraction of sp³-hybridized carbons (Fsp3) is 0.435. The third kappa shape index (κ3) is 3.90. The van der Waals surface area contributed by atoms with E-state index in [0.29, 0.717) is 6.61 Å². The Kier molecular flexibility index (Phi) is 5.37. The summed E-state index contributed by atoms with van der Waals surface area (Å²) in [5.41, 5.74) is 3.68. The van der Waals surface area contributed by atoms with Crippen LogP contribution in [0.25, 0.3) is 0 Å². The molecule has 4 rings (SSSR count). The van der Waals surface area contributed by atoms with E-state index in [1.165, 1.54) is 11.1 Å². The lowest BCUT2D eigenvalue weighted by atomic mass is 9.95. The molecule has 6 heteroatoms. The van der Waals surface area contributed by atoms with Gasteiger partial charge in [-0.3, -0.25) is 4.90 Å². The molecule has 1 atom stereocenters. The zero-order valence-electron chi connectivity index (χ0n) is 17.7. The molecule has 0 saturated heterocycles. The van der Waals surface area contributed by atoms with Crippen LogP contribution in [0.4, 0.5) is 0 Å². The van der Waals surface area contributed by atoms with Gasteiger partial charge < -0.3 is 4.74 Å². The molecule has 0 N–H and O–H groups in total. The van der Waals surface area contributed by atoms with Crippen molar-refractivity contribution in [3.05, 3.63) is 71.0 Å². The largest absolute Gasteiger partial charge is 0.494 e. The Bertz CT molecular complexity index is 975. The first-order valence-electron chi connectivity index (χ1n) is 10.3. The number of hydrogen-bond donors (Lipinski definition) is 0. The second-order valence-electron chi connectivity index (χ2n) is 8.48. The number of tetrazole rings is 1. The Morgan fingerprint density at radius 2 is 1.76 bits per heavy atom. The van der Waals surface area contributed by atoms with E-state index in [4.69, 9.17) is 4.74 Å². The minimum atomic E-state index is -0.217. The van der Waals surface area contributed by atoms with E-state index in [1.54, 1.807) is 0 Å². The molecule has 6 nitrogen and oxygen atoms in total. The topological polar surface area (TPSA) is 56.1 Å². The van der Waals surface area contributed by atoms with E-state index in [9.17, 15) is 0 Å². The summed E-state index contributed by atoms with van der Waals surface area (Å²) < 4.78 is 7.94. The van der Waals surface area contributed by atoms with Gasteiger partial charge in [-0.2, -0.15) is 0 Å². The third-order valence-corrected chi connectivity index (χ3v) is 5.41. The molecule has 1 unspecified atom stereocenters. The van der Waals surface area contributed by atoms with Crippen molar-refractivity contribution in [2.24, 2.45) is 0 Å². The van der Waals surface area contributed by atoms with Gasteiger partial charge in [0.05, 0.1) is 12.1 Å². The molecule has 0 aliphatic carbocycles. The highest BCUT2D eigenvalue weighted by atomic mass is 16.5. The lowest BCUT2D eigenvalue weighted by molar-refractivity contribution is 0.181. The van der Waals surface area contributed by atoms with Gasteiger partial charge in [-0.15, -0.1) is 5.10 Å². The molecule has 29 heavy (non-hydrogen) atoms. The van der Waals surface area contributed by atoms with E-state index < -0.39 is 0 Å². The fourth-order valence-corrected chi connectivity index (χ4v) is 4.07. The Balaban J connectivity index is 1.83. The predicted molar refractivity (Wildman–Crippen MR) is 113 cm³/mol. The maximum absolute atomic E-state index is 6.00. The standard InChI is InChI=1S/C23H29N5O/c1-5-29-20-13-9-8-12-19(20)21(22-24-25-26-28(22)23(2,3)4)27-15-14-17-10-6-7-11-18(17)16-27/h6-13,21H,5,14-16H2,1-4H3. The van der Waals surface area contributed by atoms with Crippen molar-refractivity contribution in [2.75, 3.05) is 13.2 Å². The highest BCUT2D eigenvalue weighted by Gasteiger charge is 2.34. The molecule has 1 aliphatic heterocycles. The first-order chi connectivity index (χ1) is 14.0. The summed E-state index contributed by atoms with van der Waals surface area (Å²) in [7, 11) is 0. The van der Waals surface area contributed by atoms with Gasteiger partial charge in [0, 0.05) is 18.7 Å². The van der Waals surface area contributed by atoms with Crippen molar-refractivity contribution in [1.82, 2.24) is 25.1 Å². The molecule has 2 aromatic carbocycles. The molecule has 0 fully saturated rings. The van der Waals surface area contributed by atoms with Gasteiger partial charge in [0.2, 0.25) is 0 Å². The number of para-hydroxylation sites is 1. The average Bonchev–Trinajstić information content (AvgIpc) is 3.20. The van der Waals surface area contributed by atoms with Crippen molar-refractivity contribution >= 4 is 0 Å². The average molecular weight is 392 g/mol. The van der Waals surface area contributed by atoms with Gasteiger partial charge in [-0.05, 0) is 61.7 Å². The molecule has 1 aromatic heterocycles. The lowest BCUT2D eigenvalue weighted by Crippen LogP contribution is -2.38. The first kappa shape index (κ1) is 19.6. The van der Waals surface area contributed by atoms with Gasteiger partial charge >= 0.3 is 0 Å². The number of hydrogen-bond acceptors (Lipinski definition) is 5. The number of nitrogens with zero attached hydrogens (tertiary/aromatic N) is 5. The summed E-state index contributed by atoms with van der Waals surface area (Å²) in [6.07, 6.45) is 1.01. The van der Waals surface area contributed by atoms with Crippen LogP contribution < -0.4 is 4.74 Å². The Morgan fingerprint density at radius 3 is 2.52 bits per heavy atom.